The van der Waals surface area contributed by atoms with Crippen molar-refractivity contribution in [1.82, 2.24) is 0 Å². The molecule has 0 aromatic heterocycles. The lowest BCUT2D eigenvalue weighted by molar-refractivity contribution is -0.138. The number of rotatable bonds is 23. The molecule has 0 heterocycles. The summed E-state index contributed by atoms with van der Waals surface area (Å²) in [4.78, 5) is 10.3. The molecule has 0 fully saturated rings. The Morgan fingerprint density at radius 3 is 1.37 bits per heavy atom. The second-order valence-corrected chi connectivity index (χ2v) is 6.95. The maximum absolute atomic E-state index is 10.3. The number of carboxylic acid groups (broad SMARTS) is 1. The van der Waals surface area contributed by atoms with Crippen molar-refractivity contribution < 1.29 is 28.8 Å². The molecule has 7 heteroatoms. The summed E-state index contributed by atoms with van der Waals surface area (Å²) >= 11 is 4.23. The van der Waals surface area contributed by atoms with E-state index in [1.807, 2.05) is 0 Å². The Bertz CT molecular complexity index is 304. The van der Waals surface area contributed by atoms with E-state index in [1.165, 1.54) is 51.4 Å². The van der Waals surface area contributed by atoms with Crippen molar-refractivity contribution >= 4 is 18.6 Å². The van der Waals surface area contributed by atoms with E-state index in [4.69, 9.17) is 24.1 Å². The van der Waals surface area contributed by atoms with E-state index < -0.39 is 5.97 Å². The number of ether oxygens (including phenoxy) is 4. The van der Waals surface area contributed by atoms with Gasteiger partial charge in [-0.25, -0.2) is 0 Å². The molecular formula is C20H40O6S. The zero-order valence-corrected chi connectivity index (χ0v) is 17.8. The third-order valence-electron chi connectivity index (χ3n) is 4.02. The number of unbranched alkanes of at least 4 members (excludes halogenated alkanes) is 8. The quantitative estimate of drug-likeness (QED) is 0.197. The average Bonchev–Trinajstić information content (AvgIpc) is 2.65. The maximum atomic E-state index is 10.3. The molecule has 0 unspecified atom stereocenters. The SMILES string of the molecule is O=C(O)CCOCCOCCOCCOCCCCCCCCCCCS. The van der Waals surface area contributed by atoms with Crippen LogP contribution in [-0.2, 0) is 23.7 Å². The summed E-state index contributed by atoms with van der Waals surface area (Å²) in [5.74, 6) is 0.170. The van der Waals surface area contributed by atoms with Crippen molar-refractivity contribution in [2.24, 2.45) is 0 Å². The van der Waals surface area contributed by atoms with Crippen molar-refractivity contribution in [2.45, 2.75) is 64.2 Å². The molecule has 0 rings (SSSR count). The van der Waals surface area contributed by atoms with E-state index in [2.05, 4.69) is 12.6 Å². The Morgan fingerprint density at radius 1 is 0.556 bits per heavy atom. The summed E-state index contributed by atoms with van der Waals surface area (Å²) in [5, 5.41) is 8.44. The first-order chi connectivity index (χ1) is 13.3. The van der Waals surface area contributed by atoms with Gasteiger partial charge in [-0.1, -0.05) is 44.9 Å². The number of aliphatic carboxylic acids is 1. The van der Waals surface area contributed by atoms with Gasteiger partial charge in [-0.3, -0.25) is 4.79 Å². The second-order valence-electron chi connectivity index (χ2n) is 6.50. The van der Waals surface area contributed by atoms with E-state index in [9.17, 15) is 4.79 Å². The summed E-state index contributed by atoms with van der Waals surface area (Å²) < 4.78 is 21.4. The summed E-state index contributed by atoms with van der Waals surface area (Å²) in [6.45, 7) is 4.16. The minimum Gasteiger partial charge on any atom is -0.481 e. The van der Waals surface area contributed by atoms with E-state index in [1.54, 1.807) is 0 Å². The molecule has 27 heavy (non-hydrogen) atoms. The van der Waals surface area contributed by atoms with Crippen molar-refractivity contribution in [3.63, 3.8) is 0 Å². The molecule has 6 nitrogen and oxygen atoms in total. The first-order valence-electron chi connectivity index (χ1n) is 10.4. The molecule has 0 aromatic carbocycles. The van der Waals surface area contributed by atoms with Crippen LogP contribution in [0, 0.1) is 0 Å². The van der Waals surface area contributed by atoms with E-state index >= 15 is 0 Å². The molecule has 0 atom stereocenters. The molecule has 0 aliphatic heterocycles. The number of carbonyl (C=O) groups is 1. The van der Waals surface area contributed by atoms with Gasteiger partial charge in [0.2, 0.25) is 0 Å². The van der Waals surface area contributed by atoms with Crippen LogP contribution in [0.3, 0.4) is 0 Å². The lowest BCUT2D eigenvalue weighted by Crippen LogP contribution is -2.12. The van der Waals surface area contributed by atoms with Crippen molar-refractivity contribution in [1.29, 1.82) is 0 Å². The smallest absolute Gasteiger partial charge is 0.305 e. The standard InChI is InChI=1S/C20H40O6S/c21-20(22)10-12-24-14-16-26-18-17-25-15-13-23-11-8-6-4-2-1-3-5-7-9-19-27/h27H,1-19H2,(H,21,22). The van der Waals surface area contributed by atoms with Gasteiger partial charge >= 0.3 is 5.97 Å². The number of hydrogen-bond acceptors (Lipinski definition) is 6. The molecule has 0 spiro atoms. The van der Waals surface area contributed by atoms with Crippen LogP contribution in [0.4, 0.5) is 0 Å². The second kappa shape index (κ2) is 23.7. The Morgan fingerprint density at radius 2 is 0.926 bits per heavy atom. The normalized spacial score (nSPS) is 11.1. The van der Waals surface area contributed by atoms with Gasteiger partial charge in [-0.05, 0) is 18.6 Å². The van der Waals surface area contributed by atoms with E-state index in [0.29, 0.717) is 39.6 Å². The minimum atomic E-state index is -0.849. The fourth-order valence-corrected chi connectivity index (χ4v) is 2.70. The van der Waals surface area contributed by atoms with Gasteiger partial charge in [-0.15, -0.1) is 0 Å². The topological polar surface area (TPSA) is 74.2 Å². The van der Waals surface area contributed by atoms with Gasteiger partial charge in [0.1, 0.15) is 0 Å². The largest absolute Gasteiger partial charge is 0.481 e. The minimum absolute atomic E-state index is 0.0279. The predicted molar refractivity (Wildman–Crippen MR) is 111 cm³/mol. The monoisotopic (exact) mass is 408 g/mol. The highest BCUT2D eigenvalue weighted by molar-refractivity contribution is 7.80. The molecule has 1 N–H and O–H groups in total. The Kier molecular flexibility index (Phi) is 23.4. The average molecular weight is 409 g/mol. The molecular weight excluding hydrogens is 368 g/mol. The van der Waals surface area contributed by atoms with Crippen molar-refractivity contribution in [3.05, 3.63) is 0 Å². The fraction of sp³-hybridized carbons (Fsp3) is 0.950. The fourth-order valence-electron chi connectivity index (χ4n) is 2.47. The summed E-state index contributed by atoms with van der Waals surface area (Å²) in [6, 6.07) is 0. The van der Waals surface area contributed by atoms with Crippen molar-refractivity contribution in [2.75, 3.05) is 58.6 Å². The lowest BCUT2D eigenvalue weighted by Gasteiger charge is -2.07. The summed E-state index contributed by atoms with van der Waals surface area (Å²) in [5.41, 5.74) is 0. The molecule has 0 aromatic rings. The van der Waals surface area contributed by atoms with Crippen LogP contribution < -0.4 is 0 Å². The maximum Gasteiger partial charge on any atom is 0.305 e. The van der Waals surface area contributed by atoms with Gasteiger partial charge in [0.25, 0.3) is 0 Å². The van der Waals surface area contributed by atoms with Crippen LogP contribution in [0.1, 0.15) is 64.2 Å². The summed E-state index contributed by atoms with van der Waals surface area (Å²) in [6.07, 6.45) is 11.7. The summed E-state index contributed by atoms with van der Waals surface area (Å²) in [7, 11) is 0. The molecule has 0 saturated carbocycles. The first kappa shape index (κ1) is 26.7. The van der Waals surface area contributed by atoms with Crippen LogP contribution in [0.5, 0.6) is 0 Å². The zero-order chi connectivity index (χ0) is 19.8. The number of hydrogen-bond donors (Lipinski definition) is 2. The highest BCUT2D eigenvalue weighted by Crippen LogP contribution is 2.09. The lowest BCUT2D eigenvalue weighted by atomic mass is 10.1. The molecule has 0 aliphatic carbocycles. The first-order valence-corrected chi connectivity index (χ1v) is 11.0. The Hall–Kier alpha value is -0.340. The Labute approximate surface area is 170 Å². The Balaban J connectivity index is 2.98. The molecule has 162 valence electrons. The van der Waals surface area contributed by atoms with Crippen LogP contribution in [0.2, 0.25) is 0 Å². The van der Waals surface area contributed by atoms with Crippen LogP contribution in [0.25, 0.3) is 0 Å². The highest BCUT2D eigenvalue weighted by atomic mass is 32.1. The third-order valence-corrected chi connectivity index (χ3v) is 4.34. The number of thiol groups is 1. The van der Waals surface area contributed by atoms with Crippen molar-refractivity contribution in [3.8, 4) is 0 Å². The molecule has 0 bridgehead atoms. The van der Waals surface area contributed by atoms with Crippen LogP contribution in [-0.4, -0.2) is 69.7 Å². The molecule has 0 aliphatic rings. The van der Waals surface area contributed by atoms with Gasteiger partial charge in [0.05, 0.1) is 52.7 Å². The molecule has 0 amide bonds. The van der Waals surface area contributed by atoms with Gasteiger partial charge in [0, 0.05) is 6.61 Å². The third kappa shape index (κ3) is 25.7. The van der Waals surface area contributed by atoms with E-state index in [0.717, 1.165) is 18.8 Å². The molecule has 0 radical (unpaired) electrons. The predicted octanol–water partition coefficient (Wildman–Crippen LogP) is 3.97. The van der Waals surface area contributed by atoms with Gasteiger partial charge in [0.15, 0.2) is 0 Å². The van der Waals surface area contributed by atoms with E-state index in [-0.39, 0.29) is 13.0 Å². The highest BCUT2D eigenvalue weighted by Gasteiger charge is 1.97. The van der Waals surface area contributed by atoms with Crippen LogP contribution >= 0.6 is 12.6 Å². The zero-order valence-electron chi connectivity index (χ0n) is 16.9. The van der Waals surface area contributed by atoms with Gasteiger partial charge in [-0.2, -0.15) is 12.6 Å². The number of carboxylic acids is 1. The van der Waals surface area contributed by atoms with Gasteiger partial charge < -0.3 is 24.1 Å². The van der Waals surface area contributed by atoms with Crippen LogP contribution in [0.15, 0.2) is 0 Å². The molecule has 0 saturated heterocycles.